The first-order valence-electron chi connectivity index (χ1n) is 9.89. The van der Waals surface area contributed by atoms with Crippen molar-refractivity contribution in [3.05, 3.63) is 71.4 Å². The Morgan fingerprint density at radius 1 is 1.13 bits per heavy atom. The first kappa shape index (κ1) is 20.1. The fraction of sp³-hybridized carbons (Fsp3) is 0.261. The molecule has 3 aromatic rings. The maximum Gasteiger partial charge on any atom is 0.267 e. The van der Waals surface area contributed by atoms with Gasteiger partial charge in [0.25, 0.3) is 11.8 Å². The molecular weight excluding hydrogens is 398 g/mol. The average molecular weight is 422 g/mol. The summed E-state index contributed by atoms with van der Waals surface area (Å²) in [5.41, 5.74) is 1.62. The van der Waals surface area contributed by atoms with Gasteiger partial charge in [0.2, 0.25) is 0 Å². The Kier molecular flexibility index (Phi) is 6.09. The normalized spacial score (nSPS) is 14.4. The smallest absolute Gasteiger partial charge is 0.267 e. The summed E-state index contributed by atoms with van der Waals surface area (Å²) in [7, 11) is 1.59. The van der Waals surface area contributed by atoms with E-state index in [0.29, 0.717) is 29.3 Å². The molecule has 4 rings (SSSR count). The van der Waals surface area contributed by atoms with Crippen LogP contribution in [0.2, 0.25) is 0 Å². The number of carbonyl (C=O) groups is 2. The summed E-state index contributed by atoms with van der Waals surface area (Å²) in [6.07, 6.45) is 4.64. The maximum absolute atomic E-state index is 13.1. The molecule has 1 aromatic carbocycles. The van der Waals surface area contributed by atoms with Gasteiger partial charge in [0.1, 0.15) is 10.6 Å². The first-order valence-corrected chi connectivity index (χ1v) is 10.7. The van der Waals surface area contributed by atoms with Crippen molar-refractivity contribution in [2.45, 2.75) is 18.9 Å². The minimum Gasteiger partial charge on any atom is -0.495 e. The summed E-state index contributed by atoms with van der Waals surface area (Å²) in [6, 6.07) is 15.4. The van der Waals surface area contributed by atoms with Gasteiger partial charge in [-0.15, -0.1) is 11.3 Å². The molecule has 0 spiro atoms. The van der Waals surface area contributed by atoms with Gasteiger partial charge < -0.3 is 15.0 Å². The number of pyridine rings is 1. The quantitative estimate of drug-likeness (QED) is 0.679. The first-order chi connectivity index (χ1) is 14.7. The predicted octanol–water partition coefficient (Wildman–Crippen LogP) is 3.85. The molecule has 30 heavy (non-hydrogen) atoms. The number of nitrogens with one attached hydrogen (secondary N) is 1. The monoisotopic (exact) mass is 421 g/mol. The van der Waals surface area contributed by atoms with Gasteiger partial charge in [-0.2, -0.15) is 0 Å². The molecule has 7 heteroatoms. The van der Waals surface area contributed by atoms with E-state index in [1.165, 1.54) is 11.3 Å². The van der Waals surface area contributed by atoms with Gasteiger partial charge in [0, 0.05) is 36.4 Å². The molecule has 0 unspecified atom stereocenters. The van der Waals surface area contributed by atoms with Gasteiger partial charge in [-0.25, -0.2) is 0 Å². The van der Waals surface area contributed by atoms with E-state index in [-0.39, 0.29) is 17.9 Å². The van der Waals surface area contributed by atoms with Crippen LogP contribution >= 0.6 is 11.3 Å². The summed E-state index contributed by atoms with van der Waals surface area (Å²) in [5.74, 6) is 0.465. The van der Waals surface area contributed by atoms with Crippen LogP contribution in [-0.4, -0.2) is 47.9 Å². The van der Waals surface area contributed by atoms with Crippen LogP contribution in [0, 0.1) is 0 Å². The van der Waals surface area contributed by atoms with Crippen molar-refractivity contribution in [3.8, 4) is 16.2 Å². The molecule has 1 saturated heterocycles. The number of piperidine rings is 1. The highest BCUT2D eigenvalue weighted by atomic mass is 32.1. The van der Waals surface area contributed by atoms with Crippen LogP contribution in [0.5, 0.6) is 5.75 Å². The Balaban J connectivity index is 1.40. The summed E-state index contributed by atoms with van der Waals surface area (Å²) in [6.45, 7) is 1.19. The highest BCUT2D eigenvalue weighted by Gasteiger charge is 2.28. The largest absolute Gasteiger partial charge is 0.495 e. The van der Waals surface area contributed by atoms with E-state index < -0.39 is 0 Å². The van der Waals surface area contributed by atoms with Crippen molar-refractivity contribution in [2.24, 2.45) is 0 Å². The van der Waals surface area contributed by atoms with E-state index >= 15 is 0 Å². The van der Waals surface area contributed by atoms with Crippen LogP contribution in [0.15, 0.2) is 60.9 Å². The van der Waals surface area contributed by atoms with Gasteiger partial charge in [0.05, 0.1) is 12.7 Å². The van der Waals surface area contributed by atoms with Crippen LogP contribution in [0.25, 0.3) is 10.4 Å². The summed E-state index contributed by atoms with van der Waals surface area (Å²) >= 11 is 1.45. The van der Waals surface area contributed by atoms with Crippen molar-refractivity contribution < 1.29 is 14.3 Å². The highest BCUT2D eigenvalue weighted by Crippen LogP contribution is 2.37. The lowest BCUT2D eigenvalue weighted by Gasteiger charge is -2.32. The number of likely N-dealkylation sites (tertiary alicyclic amines) is 1. The van der Waals surface area contributed by atoms with E-state index in [9.17, 15) is 9.59 Å². The van der Waals surface area contributed by atoms with Gasteiger partial charge in [0.15, 0.2) is 0 Å². The highest BCUT2D eigenvalue weighted by molar-refractivity contribution is 7.17. The number of nitrogens with zero attached hydrogens (tertiary/aromatic N) is 2. The zero-order chi connectivity index (χ0) is 20.9. The molecular formula is C23H23N3O3S. The number of methoxy groups -OCH3 is 1. The molecule has 1 N–H and O–H groups in total. The SMILES string of the molecule is COc1cc(-c2ccccc2)sc1C(=O)N1CCC(NC(=O)c2cccnc2)CC1. The van der Waals surface area contributed by atoms with E-state index in [4.69, 9.17) is 4.74 Å². The molecule has 2 amide bonds. The van der Waals surface area contributed by atoms with Crippen molar-refractivity contribution in [3.63, 3.8) is 0 Å². The van der Waals surface area contributed by atoms with Crippen LogP contribution in [0.4, 0.5) is 0 Å². The number of rotatable bonds is 5. The summed E-state index contributed by atoms with van der Waals surface area (Å²) in [5, 5.41) is 3.04. The molecule has 0 aliphatic carbocycles. The average Bonchev–Trinajstić information content (AvgIpc) is 3.25. The number of thiophene rings is 1. The molecule has 2 aromatic heterocycles. The molecule has 6 nitrogen and oxygen atoms in total. The minimum atomic E-state index is -0.125. The summed E-state index contributed by atoms with van der Waals surface area (Å²) < 4.78 is 5.48. The van der Waals surface area contributed by atoms with Crippen molar-refractivity contribution in [1.82, 2.24) is 15.2 Å². The molecule has 0 atom stereocenters. The number of hydrogen-bond acceptors (Lipinski definition) is 5. The zero-order valence-corrected chi connectivity index (χ0v) is 17.5. The van der Waals surface area contributed by atoms with Crippen LogP contribution in [0.1, 0.15) is 32.9 Å². The molecule has 0 radical (unpaired) electrons. The molecule has 1 fully saturated rings. The Morgan fingerprint density at radius 3 is 2.57 bits per heavy atom. The second-order valence-electron chi connectivity index (χ2n) is 7.16. The van der Waals surface area contributed by atoms with E-state index in [1.54, 1.807) is 31.6 Å². The lowest BCUT2D eigenvalue weighted by Crippen LogP contribution is -2.46. The van der Waals surface area contributed by atoms with Gasteiger partial charge in [-0.05, 0) is 36.6 Å². The summed E-state index contributed by atoms with van der Waals surface area (Å²) in [4.78, 5) is 32.9. The van der Waals surface area contributed by atoms with Crippen LogP contribution in [0.3, 0.4) is 0 Å². The zero-order valence-electron chi connectivity index (χ0n) is 16.7. The number of amides is 2. The molecule has 154 valence electrons. The standard InChI is InChI=1S/C23H23N3O3S/c1-29-19-14-20(16-6-3-2-4-7-16)30-21(19)23(28)26-12-9-18(10-13-26)25-22(27)17-8-5-11-24-15-17/h2-8,11,14-15,18H,9-10,12-13H2,1H3,(H,25,27). The molecule has 1 aliphatic heterocycles. The fourth-order valence-electron chi connectivity index (χ4n) is 3.56. The third kappa shape index (κ3) is 4.36. The van der Waals surface area contributed by atoms with Crippen molar-refractivity contribution in [2.75, 3.05) is 20.2 Å². The Hall–Kier alpha value is -3.19. The minimum absolute atomic E-state index is 0.0175. The lowest BCUT2D eigenvalue weighted by molar-refractivity contribution is 0.0700. The molecule has 0 bridgehead atoms. The third-order valence-corrected chi connectivity index (χ3v) is 6.36. The molecule has 1 aliphatic rings. The van der Waals surface area contributed by atoms with Gasteiger partial charge in [-0.1, -0.05) is 30.3 Å². The molecule has 0 saturated carbocycles. The van der Waals surface area contributed by atoms with Crippen molar-refractivity contribution in [1.29, 1.82) is 0 Å². The number of aromatic nitrogens is 1. The predicted molar refractivity (Wildman–Crippen MR) is 117 cm³/mol. The van der Waals surface area contributed by atoms with Crippen LogP contribution in [-0.2, 0) is 0 Å². The molecule has 3 heterocycles. The number of hydrogen-bond donors (Lipinski definition) is 1. The van der Waals surface area contributed by atoms with Gasteiger partial charge >= 0.3 is 0 Å². The Morgan fingerprint density at radius 2 is 1.90 bits per heavy atom. The fourth-order valence-corrected chi connectivity index (χ4v) is 4.66. The Bertz CT molecular complexity index is 1010. The second-order valence-corrected chi connectivity index (χ2v) is 8.21. The van der Waals surface area contributed by atoms with Crippen LogP contribution < -0.4 is 10.1 Å². The Labute approximate surface area is 179 Å². The lowest BCUT2D eigenvalue weighted by atomic mass is 10.0. The number of benzene rings is 1. The number of ether oxygens (including phenoxy) is 1. The topological polar surface area (TPSA) is 71.5 Å². The van der Waals surface area contributed by atoms with E-state index in [0.717, 1.165) is 23.3 Å². The van der Waals surface area contributed by atoms with E-state index in [1.807, 2.05) is 41.3 Å². The maximum atomic E-state index is 13.1. The van der Waals surface area contributed by atoms with Crippen molar-refractivity contribution >= 4 is 23.2 Å². The third-order valence-electron chi connectivity index (χ3n) is 5.21. The second kappa shape index (κ2) is 9.09. The van der Waals surface area contributed by atoms with Gasteiger partial charge in [-0.3, -0.25) is 14.6 Å². The van der Waals surface area contributed by atoms with E-state index in [2.05, 4.69) is 10.3 Å². The number of carbonyl (C=O) groups excluding carboxylic acids is 2.